The van der Waals surface area contributed by atoms with Crippen molar-refractivity contribution in [1.82, 2.24) is 24.9 Å². The molecule has 0 aliphatic heterocycles. The zero-order valence-corrected chi connectivity index (χ0v) is 16.8. The Hall–Kier alpha value is -4.48. The second kappa shape index (κ2) is 10.3. The first-order chi connectivity index (χ1) is 14.8. The van der Waals surface area contributed by atoms with Gasteiger partial charge in [-0.3, -0.25) is 9.59 Å². The average Bonchev–Trinajstić information content (AvgIpc) is 2.76. The molecule has 3 heterocycles. The van der Waals surface area contributed by atoms with Gasteiger partial charge in [-0.15, -0.1) is 0 Å². The summed E-state index contributed by atoms with van der Waals surface area (Å²) in [7, 11) is 2.50. The summed E-state index contributed by atoms with van der Waals surface area (Å²) in [5.74, 6) is -1.24. The van der Waals surface area contributed by atoms with Crippen LogP contribution in [-0.4, -0.2) is 56.9 Å². The molecule has 0 saturated heterocycles. The Bertz CT molecular complexity index is 1220. The first-order valence-corrected chi connectivity index (χ1v) is 8.58. The molecule has 0 atom stereocenters. The second-order valence-electron chi connectivity index (χ2n) is 5.76. The Labute approximate surface area is 175 Å². The van der Waals surface area contributed by atoms with Crippen molar-refractivity contribution in [3.63, 3.8) is 0 Å². The number of nitrogens with two attached hydrogens (primary N) is 1. The third kappa shape index (κ3) is 5.76. The summed E-state index contributed by atoms with van der Waals surface area (Å²) >= 11 is 0. The summed E-state index contributed by atoms with van der Waals surface area (Å²) in [5.41, 5.74) is 6.07. The average molecular weight is 426 g/mol. The highest BCUT2D eigenvalue weighted by atomic mass is 16.5. The van der Waals surface area contributed by atoms with Crippen LogP contribution in [0.2, 0.25) is 0 Å². The first kappa shape index (κ1) is 22.8. The molecule has 0 aliphatic carbocycles. The van der Waals surface area contributed by atoms with Crippen molar-refractivity contribution in [2.75, 3.05) is 20.0 Å². The molecule has 12 heteroatoms. The predicted octanol–water partition coefficient (Wildman–Crippen LogP) is 0.552. The fraction of sp³-hybridized carbons (Fsp3) is 0.158. The largest absolute Gasteiger partial charge is 0.464 e. The molecule has 0 unspecified atom stereocenters. The van der Waals surface area contributed by atoms with Gasteiger partial charge in [0.1, 0.15) is 24.1 Å². The number of rotatable bonds is 4. The van der Waals surface area contributed by atoms with Gasteiger partial charge in [0.05, 0.1) is 25.2 Å². The number of nitrogens with zero attached hydrogens (tertiary/aromatic N) is 4. The monoisotopic (exact) mass is 426 g/mol. The predicted molar refractivity (Wildman–Crippen MR) is 109 cm³/mol. The number of methoxy groups -OCH3 is 2. The number of hydrogen-bond acceptors (Lipinski definition) is 11. The number of H-pyrrole nitrogens is 1. The number of pyridine rings is 1. The fourth-order valence-corrected chi connectivity index (χ4v) is 2.26. The van der Waals surface area contributed by atoms with Crippen LogP contribution in [0.25, 0.3) is 17.1 Å². The van der Waals surface area contributed by atoms with Gasteiger partial charge >= 0.3 is 11.9 Å². The zero-order valence-electron chi connectivity index (χ0n) is 16.8. The van der Waals surface area contributed by atoms with Gasteiger partial charge in [0, 0.05) is 6.07 Å². The molecule has 0 bridgehead atoms. The van der Waals surface area contributed by atoms with Crippen molar-refractivity contribution in [2.45, 2.75) is 6.92 Å². The molecular weight excluding hydrogens is 408 g/mol. The van der Waals surface area contributed by atoms with E-state index < -0.39 is 11.9 Å². The Balaban J connectivity index is 0.000000220. The molecule has 3 aromatic heterocycles. The molecule has 0 saturated carbocycles. The van der Waals surface area contributed by atoms with Gasteiger partial charge in [-0.05, 0) is 25.1 Å². The van der Waals surface area contributed by atoms with E-state index in [9.17, 15) is 19.2 Å². The molecule has 0 fully saturated rings. The highest BCUT2D eigenvalue weighted by molar-refractivity contribution is 6.00. The van der Waals surface area contributed by atoms with E-state index in [0.717, 1.165) is 6.33 Å². The topological polar surface area (TPSA) is 180 Å². The number of carbonyl (C=O) groups excluding carboxylic acids is 3. The van der Waals surface area contributed by atoms with E-state index >= 15 is 0 Å². The Morgan fingerprint density at radius 1 is 0.968 bits per heavy atom. The number of anilines is 1. The maximum absolute atomic E-state index is 11.3. The quantitative estimate of drug-likeness (QED) is 0.439. The van der Waals surface area contributed by atoms with Crippen molar-refractivity contribution in [1.29, 1.82) is 0 Å². The molecule has 160 valence electrons. The van der Waals surface area contributed by atoms with E-state index in [1.165, 1.54) is 51.8 Å². The number of nitrogen functional groups attached to an aromatic ring is 1. The third-order valence-electron chi connectivity index (χ3n) is 3.68. The minimum atomic E-state index is -0.627. The summed E-state index contributed by atoms with van der Waals surface area (Å²) < 4.78 is 9.09. The number of aromatic amines is 1. The van der Waals surface area contributed by atoms with E-state index in [2.05, 4.69) is 34.4 Å². The molecule has 0 amide bonds. The Morgan fingerprint density at radius 2 is 1.58 bits per heavy atom. The van der Waals surface area contributed by atoms with Crippen molar-refractivity contribution in [3.05, 3.63) is 58.2 Å². The SMILES string of the molecule is COC(=O)c1ncnc(N)c1/C=C/C(C)=O.COC(=O)c1ncnc2[nH]c(=O)ccc12. The molecule has 3 N–H and O–H groups in total. The first-order valence-electron chi connectivity index (χ1n) is 8.58. The van der Waals surface area contributed by atoms with Crippen molar-refractivity contribution in [2.24, 2.45) is 0 Å². The number of hydrogen-bond donors (Lipinski definition) is 2. The molecule has 3 rings (SSSR count). The zero-order chi connectivity index (χ0) is 23.0. The van der Waals surface area contributed by atoms with Crippen molar-refractivity contribution < 1.29 is 23.9 Å². The highest BCUT2D eigenvalue weighted by Crippen LogP contribution is 2.15. The lowest BCUT2D eigenvalue weighted by atomic mass is 10.2. The van der Waals surface area contributed by atoms with Crippen LogP contribution in [0.4, 0.5) is 5.82 Å². The minimum Gasteiger partial charge on any atom is -0.464 e. The van der Waals surface area contributed by atoms with Crippen LogP contribution in [0.1, 0.15) is 33.5 Å². The smallest absolute Gasteiger partial charge is 0.357 e. The summed E-state index contributed by atoms with van der Waals surface area (Å²) in [6.07, 6.45) is 5.03. The van der Waals surface area contributed by atoms with Crippen molar-refractivity contribution in [3.8, 4) is 0 Å². The number of ether oxygens (including phenoxy) is 2. The Kier molecular flexibility index (Phi) is 7.61. The molecule has 31 heavy (non-hydrogen) atoms. The second-order valence-corrected chi connectivity index (χ2v) is 5.76. The summed E-state index contributed by atoms with van der Waals surface area (Å²) in [5, 5.41) is 0.462. The van der Waals surface area contributed by atoms with E-state index in [4.69, 9.17) is 5.73 Å². The number of fused-ring (bicyclic) bond motifs is 1. The molecule has 3 aromatic rings. The lowest BCUT2D eigenvalue weighted by Crippen LogP contribution is -2.10. The third-order valence-corrected chi connectivity index (χ3v) is 3.68. The van der Waals surface area contributed by atoms with Crippen LogP contribution < -0.4 is 11.3 Å². The molecule has 0 radical (unpaired) electrons. The number of esters is 2. The molecular formula is C19H18N6O6. The van der Waals surface area contributed by atoms with Crippen LogP contribution in [-0.2, 0) is 14.3 Å². The van der Waals surface area contributed by atoms with Crippen molar-refractivity contribution >= 4 is 40.6 Å². The molecule has 0 aromatic carbocycles. The van der Waals surface area contributed by atoms with Crippen LogP contribution in [0, 0.1) is 0 Å². The van der Waals surface area contributed by atoms with Crippen LogP contribution in [0.5, 0.6) is 0 Å². The van der Waals surface area contributed by atoms with E-state index in [0.29, 0.717) is 11.0 Å². The number of ketones is 1. The summed E-state index contributed by atoms with van der Waals surface area (Å²) in [4.78, 5) is 62.1. The standard InChI is InChI=1S/C10H11N3O3.C9H7N3O3/c1-6(14)3-4-7-8(10(15)16-2)12-5-13-9(7)11;1-15-9(14)7-5-2-3-6(13)12-8(5)11-4-10-7/h3-5H,1-2H3,(H2,11,12,13);2-4H,1H3,(H,10,11,12,13)/b4-3+;. The van der Waals surface area contributed by atoms with E-state index in [1.807, 2.05) is 0 Å². The van der Waals surface area contributed by atoms with Crippen LogP contribution >= 0.6 is 0 Å². The fourth-order valence-electron chi connectivity index (χ4n) is 2.26. The van der Waals surface area contributed by atoms with E-state index in [-0.39, 0.29) is 34.1 Å². The maximum atomic E-state index is 11.3. The number of nitrogens with one attached hydrogen (secondary N) is 1. The van der Waals surface area contributed by atoms with E-state index in [1.54, 1.807) is 0 Å². The summed E-state index contributed by atoms with van der Waals surface area (Å²) in [6.45, 7) is 1.38. The maximum Gasteiger partial charge on any atom is 0.357 e. The van der Waals surface area contributed by atoms with Gasteiger partial charge in [0.2, 0.25) is 5.56 Å². The Morgan fingerprint density at radius 3 is 2.23 bits per heavy atom. The van der Waals surface area contributed by atoms with Gasteiger partial charge in [-0.25, -0.2) is 29.5 Å². The lowest BCUT2D eigenvalue weighted by molar-refractivity contribution is -0.112. The number of carbonyl (C=O) groups is 3. The van der Waals surface area contributed by atoms with Crippen LogP contribution in [0.15, 0.2) is 35.7 Å². The summed E-state index contributed by atoms with van der Waals surface area (Å²) in [6, 6.07) is 2.79. The molecule has 0 spiro atoms. The minimum absolute atomic E-state index is 0.0347. The van der Waals surface area contributed by atoms with Gasteiger partial charge in [0.15, 0.2) is 17.2 Å². The number of allylic oxidation sites excluding steroid dienone is 1. The normalized spacial score (nSPS) is 10.3. The molecule has 0 aliphatic rings. The van der Waals surface area contributed by atoms with Crippen LogP contribution in [0.3, 0.4) is 0 Å². The van der Waals surface area contributed by atoms with Gasteiger partial charge < -0.3 is 20.2 Å². The van der Waals surface area contributed by atoms with Gasteiger partial charge in [0.25, 0.3) is 0 Å². The molecule has 12 nitrogen and oxygen atoms in total. The number of aromatic nitrogens is 5. The lowest BCUT2D eigenvalue weighted by Gasteiger charge is -2.04. The van der Waals surface area contributed by atoms with Gasteiger partial charge in [-0.2, -0.15) is 0 Å². The van der Waals surface area contributed by atoms with Gasteiger partial charge in [-0.1, -0.05) is 0 Å². The highest BCUT2D eigenvalue weighted by Gasteiger charge is 2.15.